The van der Waals surface area contributed by atoms with Crippen LogP contribution in [0.5, 0.6) is 0 Å². The Balaban J connectivity index is 1.97. The molecule has 3 N–H and O–H groups in total. The molecule has 0 saturated heterocycles. The summed E-state index contributed by atoms with van der Waals surface area (Å²) in [6.07, 6.45) is 1.85. The molecule has 22 heavy (non-hydrogen) atoms. The largest absolute Gasteiger partial charge is 0.359 e. The first-order valence-electron chi connectivity index (χ1n) is 6.80. The van der Waals surface area contributed by atoms with E-state index < -0.39 is 5.24 Å². The number of hydrogen-bond acceptors (Lipinski definition) is 5. The molecule has 112 valence electrons. The van der Waals surface area contributed by atoms with Crippen LogP contribution >= 0.6 is 11.9 Å². The van der Waals surface area contributed by atoms with Gasteiger partial charge in [0.15, 0.2) is 0 Å². The molecule has 1 aliphatic heterocycles. The molecule has 3 rings (SSSR count). The van der Waals surface area contributed by atoms with Crippen molar-refractivity contribution in [1.29, 1.82) is 0 Å². The number of nitrogens with two attached hydrogens (primary N) is 1. The lowest BCUT2D eigenvalue weighted by atomic mass is 10.1. The van der Waals surface area contributed by atoms with Crippen LogP contribution < -0.4 is 16.3 Å². The Bertz CT molecular complexity index is 717. The number of hydrazine groups is 2. The molecule has 2 aromatic carbocycles. The number of nitrogens with one attached hydrogen (secondary N) is 1. The van der Waals surface area contributed by atoms with Gasteiger partial charge in [-0.25, -0.2) is 4.41 Å². The quantitative estimate of drug-likeness (QED) is 0.852. The number of rotatable bonds is 3. The molecule has 0 spiro atoms. The molecule has 1 aliphatic rings. The van der Waals surface area contributed by atoms with Gasteiger partial charge in [-0.05, 0) is 24.6 Å². The Hall–Kier alpha value is -2.44. The third-order valence-corrected chi connectivity index (χ3v) is 3.76. The van der Waals surface area contributed by atoms with E-state index in [1.807, 2.05) is 66.7 Å². The van der Waals surface area contributed by atoms with Crippen molar-refractivity contribution < 1.29 is 4.79 Å². The first kappa shape index (κ1) is 14.5. The number of carbonyl (C=O) groups is 1. The van der Waals surface area contributed by atoms with Gasteiger partial charge in [-0.15, -0.1) is 5.53 Å². The summed E-state index contributed by atoms with van der Waals surface area (Å²) in [5.74, 6) is 0. The number of amides is 1. The smallest absolute Gasteiger partial charge is 0.298 e. The molecule has 2 aromatic rings. The lowest BCUT2D eigenvalue weighted by molar-refractivity contribution is 0.266. The molecule has 0 fully saturated rings. The maximum Gasteiger partial charge on any atom is 0.298 e. The minimum Gasteiger partial charge on any atom is -0.359 e. The van der Waals surface area contributed by atoms with E-state index in [-0.39, 0.29) is 0 Å². The second-order valence-corrected chi connectivity index (χ2v) is 5.87. The molecule has 1 amide bonds. The van der Waals surface area contributed by atoms with Crippen LogP contribution in [0, 0.1) is 6.92 Å². The van der Waals surface area contributed by atoms with E-state index in [0.717, 1.165) is 34.5 Å². The third kappa shape index (κ3) is 3.08. The van der Waals surface area contributed by atoms with Crippen molar-refractivity contribution in [2.45, 2.75) is 6.92 Å². The molecular weight excluding hydrogens is 296 g/mol. The fourth-order valence-electron chi connectivity index (χ4n) is 2.27. The summed E-state index contributed by atoms with van der Waals surface area (Å²) >= 11 is 0.906. The van der Waals surface area contributed by atoms with Crippen LogP contribution in [-0.2, 0) is 0 Å². The number of anilines is 1. The van der Waals surface area contributed by atoms with E-state index in [0.29, 0.717) is 0 Å². The van der Waals surface area contributed by atoms with Crippen LogP contribution in [-0.4, -0.2) is 9.65 Å². The van der Waals surface area contributed by atoms with E-state index in [2.05, 4.69) is 11.6 Å². The Kier molecular flexibility index (Phi) is 4.04. The van der Waals surface area contributed by atoms with Gasteiger partial charge >= 0.3 is 0 Å². The average molecular weight is 312 g/mol. The molecule has 0 radical (unpaired) electrons. The van der Waals surface area contributed by atoms with Crippen LogP contribution in [0.25, 0.3) is 5.70 Å². The molecule has 0 aliphatic carbocycles. The van der Waals surface area contributed by atoms with E-state index in [1.54, 1.807) is 4.41 Å². The van der Waals surface area contributed by atoms with Gasteiger partial charge in [-0.1, -0.05) is 42.5 Å². The minimum absolute atomic E-state index is 0.470. The predicted octanol–water partition coefficient (Wildman–Crippen LogP) is 3.26. The summed E-state index contributed by atoms with van der Waals surface area (Å²) in [7, 11) is 0. The number of aryl methyl sites for hydroxylation is 1. The second-order valence-electron chi connectivity index (χ2n) is 4.89. The molecule has 0 bridgehead atoms. The van der Waals surface area contributed by atoms with Gasteiger partial charge in [0.1, 0.15) is 0 Å². The van der Waals surface area contributed by atoms with Crippen LogP contribution in [0.4, 0.5) is 10.5 Å². The van der Waals surface area contributed by atoms with Gasteiger partial charge in [0, 0.05) is 5.56 Å². The third-order valence-electron chi connectivity index (χ3n) is 3.20. The summed E-state index contributed by atoms with van der Waals surface area (Å²) in [5, 5.41) is 1.46. The van der Waals surface area contributed by atoms with Crippen LogP contribution in [0.2, 0.25) is 0 Å². The highest BCUT2D eigenvalue weighted by atomic mass is 32.2. The topological polar surface area (TPSA) is 61.6 Å². The van der Waals surface area contributed by atoms with Gasteiger partial charge in [0.25, 0.3) is 5.24 Å². The van der Waals surface area contributed by atoms with Crippen molar-refractivity contribution in [3.05, 3.63) is 71.9 Å². The standard InChI is InChI=1S/C16H16N4OS/c1-12-6-5-9-14(10-12)20-15(13-7-3-2-4-8-13)11-19(18-20)22-16(17)21/h2-11,18H,1H3,(H2,17,21). The zero-order valence-corrected chi connectivity index (χ0v) is 12.9. The highest BCUT2D eigenvalue weighted by Gasteiger charge is 2.24. The number of nitrogens with zero attached hydrogens (tertiary/aromatic N) is 2. The van der Waals surface area contributed by atoms with E-state index >= 15 is 0 Å². The van der Waals surface area contributed by atoms with Crippen LogP contribution in [0.3, 0.4) is 0 Å². The SMILES string of the molecule is Cc1cccc(N2NN(SC(N)=O)C=C2c2ccccc2)c1. The van der Waals surface area contributed by atoms with Crippen molar-refractivity contribution in [2.75, 3.05) is 5.01 Å². The Labute approximate surface area is 133 Å². The molecular formula is C16H16N4OS. The van der Waals surface area contributed by atoms with E-state index in [1.165, 1.54) is 0 Å². The predicted molar refractivity (Wildman–Crippen MR) is 90.2 cm³/mol. The van der Waals surface area contributed by atoms with Crippen molar-refractivity contribution in [1.82, 2.24) is 9.95 Å². The molecule has 0 atom stereocenters. The van der Waals surface area contributed by atoms with Gasteiger partial charge < -0.3 is 5.73 Å². The van der Waals surface area contributed by atoms with Gasteiger partial charge in [0.05, 0.1) is 29.5 Å². The Morgan fingerprint density at radius 2 is 1.91 bits per heavy atom. The summed E-state index contributed by atoms with van der Waals surface area (Å²) in [5.41, 5.74) is 12.5. The lowest BCUT2D eigenvalue weighted by Crippen LogP contribution is -2.38. The molecule has 0 saturated carbocycles. The minimum atomic E-state index is -0.470. The number of hydrogen-bond donors (Lipinski definition) is 2. The first-order valence-corrected chi connectivity index (χ1v) is 7.58. The van der Waals surface area contributed by atoms with Crippen LogP contribution in [0.1, 0.15) is 11.1 Å². The second kappa shape index (κ2) is 6.13. The molecule has 0 aromatic heterocycles. The fraction of sp³-hybridized carbons (Fsp3) is 0.0625. The zero-order valence-electron chi connectivity index (χ0n) is 12.1. The Morgan fingerprint density at radius 3 is 2.59 bits per heavy atom. The van der Waals surface area contributed by atoms with Crippen LogP contribution in [0.15, 0.2) is 60.8 Å². The van der Waals surface area contributed by atoms with Gasteiger partial charge in [-0.2, -0.15) is 0 Å². The summed E-state index contributed by atoms with van der Waals surface area (Å²) in [4.78, 5) is 11.2. The maximum absolute atomic E-state index is 11.2. The summed E-state index contributed by atoms with van der Waals surface area (Å²) < 4.78 is 1.60. The number of primary amides is 1. The number of benzene rings is 2. The molecule has 0 unspecified atom stereocenters. The highest BCUT2D eigenvalue weighted by molar-refractivity contribution is 8.11. The van der Waals surface area contributed by atoms with Gasteiger partial charge in [0.2, 0.25) is 0 Å². The summed E-state index contributed by atoms with van der Waals surface area (Å²) in [6, 6.07) is 18.1. The van der Waals surface area contributed by atoms with E-state index in [4.69, 9.17) is 5.73 Å². The van der Waals surface area contributed by atoms with Crippen molar-refractivity contribution in [3.63, 3.8) is 0 Å². The van der Waals surface area contributed by atoms with Gasteiger partial charge in [-0.3, -0.25) is 9.80 Å². The molecule has 1 heterocycles. The van der Waals surface area contributed by atoms with Crippen molar-refractivity contribution in [2.24, 2.45) is 5.73 Å². The monoisotopic (exact) mass is 312 g/mol. The van der Waals surface area contributed by atoms with Crippen molar-refractivity contribution in [3.8, 4) is 0 Å². The average Bonchev–Trinajstić information content (AvgIpc) is 2.91. The van der Waals surface area contributed by atoms with Crippen molar-refractivity contribution >= 4 is 28.6 Å². The number of carbonyl (C=O) groups excluding carboxylic acids is 1. The molecule has 6 heteroatoms. The maximum atomic E-state index is 11.2. The molecule has 5 nitrogen and oxygen atoms in total. The first-order chi connectivity index (χ1) is 10.6. The van der Waals surface area contributed by atoms with E-state index in [9.17, 15) is 4.79 Å². The normalized spacial score (nSPS) is 14.1. The zero-order chi connectivity index (χ0) is 15.5. The highest BCUT2D eigenvalue weighted by Crippen LogP contribution is 2.31. The Morgan fingerprint density at radius 1 is 1.14 bits per heavy atom. The fourth-order valence-corrected chi connectivity index (χ4v) is 2.74. The summed E-state index contributed by atoms with van der Waals surface area (Å²) in [6.45, 7) is 2.04. The lowest BCUT2D eigenvalue weighted by Gasteiger charge is -2.24.